The van der Waals surface area contributed by atoms with Crippen LogP contribution < -0.4 is 16.4 Å². The molecule has 4 N–H and O–H groups in total. The zero-order chi connectivity index (χ0) is 24.2. The monoisotopic (exact) mass is 503 g/mol. The first-order valence-corrected chi connectivity index (χ1v) is 12.5. The largest absolute Gasteiger partial charge is 0.382 e. The summed E-state index contributed by atoms with van der Waals surface area (Å²) in [5, 5.41) is 18.4. The minimum absolute atomic E-state index is 0.0358. The molecule has 1 aromatic carbocycles. The van der Waals surface area contributed by atoms with Crippen molar-refractivity contribution in [2.75, 3.05) is 23.7 Å². The van der Waals surface area contributed by atoms with E-state index < -0.39 is 0 Å². The predicted octanol–water partition coefficient (Wildman–Crippen LogP) is 3.62. The third-order valence-electron chi connectivity index (χ3n) is 7.28. The number of piperidine rings is 1. The number of nitrogens with two attached hydrogens (primary N) is 2. The maximum absolute atomic E-state index is 9.55. The lowest BCUT2D eigenvalue weighted by Gasteiger charge is -2.42. The highest BCUT2D eigenvalue weighted by Crippen LogP contribution is 2.51. The molecule has 4 heterocycles. The molecule has 9 nitrogen and oxygen atoms in total. The molecule has 35 heavy (non-hydrogen) atoms. The number of hydrogen-bond acceptors (Lipinski definition) is 9. The van der Waals surface area contributed by atoms with Gasteiger partial charge in [0.05, 0.1) is 21.6 Å². The van der Waals surface area contributed by atoms with E-state index in [0.717, 1.165) is 64.8 Å². The summed E-state index contributed by atoms with van der Waals surface area (Å²) in [6.45, 7) is 1.62. The van der Waals surface area contributed by atoms with Crippen LogP contribution in [-0.2, 0) is 6.42 Å². The van der Waals surface area contributed by atoms with Gasteiger partial charge in [0.1, 0.15) is 12.1 Å². The number of aromatic nitrogens is 5. The number of anilines is 2. The summed E-state index contributed by atoms with van der Waals surface area (Å²) in [5.41, 5.74) is 16.3. The van der Waals surface area contributed by atoms with E-state index in [2.05, 4.69) is 32.2 Å². The molecule has 1 aliphatic carbocycles. The van der Waals surface area contributed by atoms with E-state index in [1.165, 1.54) is 11.8 Å². The van der Waals surface area contributed by atoms with E-state index in [0.29, 0.717) is 10.7 Å². The maximum Gasteiger partial charge on any atom is 0.212 e. The molecule has 1 fully saturated rings. The van der Waals surface area contributed by atoms with Crippen molar-refractivity contribution in [3.05, 3.63) is 64.7 Å². The summed E-state index contributed by atoms with van der Waals surface area (Å²) in [4.78, 5) is 12.7. The van der Waals surface area contributed by atoms with Crippen LogP contribution in [0.5, 0.6) is 0 Å². The number of pyridine rings is 1. The topological polar surface area (TPSA) is 135 Å². The van der Waals surface area contributed by atoms with Gasteiger partial charge in [-0.05, 0) is 47.9 Å². The molecule has 1 spiro atoms. The summed E-state index contributed by atoms with van der Waals surface area (Å²) < 4.78 is 1.91. The Morgan fingerprint density at radius 1 is 1.17 bits per heavy atom. The van der Waals surface area contributed by atoms with Gasteiger partial charge in [0, 0.05) is 36.4 Å². The van der Waals surface area contributed by atoms with E-state index in [1.807, 2.05) is 22.6 Å². The van der Waals surface area contributed by atoms with Crippen LogP contribution >= 0.6 is 23.4 Å². The van der Waals surface area contributed by atoms with E-state index in [9.17, 15) is 5.26 Å². The smallest absolute Gasteiger partial charge is 0.212 e. The molecule has 3 aromatic heterocycles. The molecule has 0 radical (unpaired) electrons. The van der Waals surface area contributed by atoms with Gasteiger partial charge in [-0.2, -0.15) is 5.26 Å². The van der Waals surface area contributed by atoms with Crippen LogP contribution in [0, 0.1) is 16.7 Å². The van der Waals surface area contributed by atoms with Gasteiger partial charge in [-0.25, -0.2) is 14.4 Å². The molecular formula is C24H22ClN9S. The van der Waals surface area contributed by atoms with E-state index in [4.69, 9.17) is 28.1 Å². The Morgan fingerprint density at radius 2 is 2.00 bits per heavy atom. The SMILES string of the molecule is N#Cc1cccc2c1CC1(CCN(c3ncc(Sc4ccnc(N)c4Cl)c4nncn34)CC1)C2N. The minimum atomic E-state index is -0.0628. The van der Waals surface area contributed by atoms with Crippen LogP contribution in [0.4, 0.5) is 11.8 Å². The highest BCUT2D eigenvalue weighted by molar-refractivity contribution is 7.99. The van der Waals surface area contributed by atoms with Crippen LogP contribution in [0.25, 0.3) is 5.65 Å². The highest BCUT2D eigenvalue weighted by Gasteiger charge is 2.47. The minimum Gasteiger partial charge on any atom is -0.382 e. The number of nitrogens with zero attached hydrogens (tertiary/aromatic N) is 7. The Kier molecular flexibility index (Phi) is 5.29. The number of halogens is 1. The second kappa shape index (κ2) is 8.37. The van der Waals surface area contributed by atoms with Crippen molar-refractivity contribution in [3.63, 3.8) is 0 Å². The van der Waals surface area contributed by atoms with Crippen molar-refractivity contribution in [3.8, 4) is 6.07 Å². The molecule has 1 unspecified atom stereocenters. The van der Waals surface area contributed by atoms with Gasteiger partial charge in [0.2, 0.25) is 5.95 Å². The van der Waals surface area contributed by atoms with Crippen LogP contribution in [0.15, 0.2) is 52.8 Å². The van der Waals surface area contributed by atoms with E-state index in [-0.39, 0.29) is 17.3 Å². The third kappa shape index (κ3) is 3.50. The van der Waals surface area contributed by atoms with E-state index >= 15 is 0 Å². The Labute approximate surface area is 211 Å². The average Bonchev–Trinajstić information content (AvgIpc) is 3.47. The number of nitriles is 1. The Balaban J connectivity index is 1.25. The molecule has 0 saturated carbocycles. The first-order valence-electron chi connectivity index (χ1n) is 11.3. The fourth-order valence-corrected chi connectivity index (χ4v) is 6.48. The normalized spacial score (nSPS) is 18.7. The average molecular weight is 504 g/mol. The van der Waals surface area contributed by atoms with Crippen LogP contribution in [0.2, 0.25) is 5.02 Å². The summed E-state index contributed by atoms with van der Waals surface area (Å²) in [6.07, 6.45) is 7.80. The zero-order valence-electron chi connectivity index (χ0n) is 18.7. The Hall–Kier alpha value is -3.39. The second-order valence-corrected chi connectivity index (χ2v) is 10.5. The molecule has 1 aliphatic heterocycles. The molecule has 176 valence electrons. The van der Waals surface area contributed by atoms with Gasteiger partial charge >= 0.3 is 0 Å². The number of hydrogen-bond donors (Lipinski definition) is 2. The number of nitrogen functional groups attached to an aromatic ring is 1. The van der Waals surface area contributed by atoms with Crippen molar-refractivity contribution in [2.24, 2.45) is 11.1 Å². The van der Waals surface area contributed by atoms with Crippen LogP contribution in [-0.4, -0.2) is 37.7 Å². The lowest BCUT2D eigenvalue weighted by molar-refractivity contribution is 0.186. The Bertz CT molecular complexity index is 1490. The predicted molar refractivity (Wildman–Crippen MR) is 134 cm³/mol. The van der Waals surface area contributed by atoms with Crippen molar-refractivity contribution >= 4 is 40.8 Å². The summed E-state index contributed by atoms with van der Waals surface area (Å²) in [7, 11) is 0. The van der Waals surface area contributed by atoms with Gasteiger partial charge in [-0.3, -0.25) is 0 Å². The van der Waals surface area contributed by atoms with Gasteiger partial charge in [-0.15, -0.1) is 10.2 Å². The zero-order valence-corrected chi connectivity index (χ0v) is 20.3. The van der Waals surface area contributed by atoms with Crippen molar-refractivity contribution in [1.82, 2.24) is 24.6 Å². The standard InChI is InChI=1S/C24H22ClN9S/c25-19-17(4-7-29-21(19)28)35-18-12-30-23(34-13-31-32-22(18)34)33-8-5-24(6-9-33)10-16-14(11-26)2-1-3-15(16)20(24)27/h1-4,7,12-13,20H,5-6,8-10,27H2,(H2,28,29). The molecule has 4 aromatic rings. The van der Waals surface area contributed by atoms with Crippen LogP contribution in [0.3, 0.4) is 0 Å². The fourth-order valence-electron chi connectivity index (χ4n) is 5.36. The van der Waals surface area contributed by atoms with Gasteiger partial charge in [0.25, 0.3) is 0 Å². The van der Waals surface area contributed by atoms with Crippen molar-refractivity contribution in [1.29, 1.82) is 5.26 Å². The fraction of sp³-hybridized carbons (Fsp3) is 0.292. The second-order valence-electron chi connectivity index (χ2n) is 9.05. The number of rotatable bonds is 3. The molecule has 1 saturated heterocycles. The van der Waals surface area contributed by atoms with Gasteiger partial charge in [0.15, 0.2) is 5.65 Å². The van der Waals surface area contributed by atoms with Crippen molar-refractivity contribution in [2.45, 2.75) is 35.1 Å². The molecule has 0 bridgehead atoms. The number of benzene rings is 1. The molecule has 11 heteroatoms. The van der Waals surface area contributed by atoms with Gasteiger partial charge in [-0.1, -0.05) is 35.5 Å². The number of fused-ring (bicyclic) bond motifs is 2. The summed E-state index contributed by atoms with van der Waals surface area (Å²) >= 11 is 7.77. The van der Waals surface area contributed by atoms with Crippen LogP contribution in [0.1, 0.15) is 35.6 Å². The quantitative estimate of drug-likeness (QED) is 0.429. The lowest BCUT2D eigenvalue weighted by Crippen LogP contribution is -2.45. The summed E-state index contributed by atoms with van der Waals surface area (Å²) in [5.74, 6) is 1.08. The lowest BCUT2D eigenvalue weighted by atomic mass is 9.73. The highest BCUT2D eigenvalue weighted by atomic mass is 35.5. The summed E-state index contributed by atoms with van der Waals surface area (Å²) in [6, 6.07) is 9.99. The molecule has 1 atom stereocenters. The molecule has 0 amide bonds. The third-order valence-corrected chi connectivity index (χ3v) is 8.86. The van der Waals surface area contributed by atoms with Gasteiger partial charge < -0.3 is 16.4 Å². The first-order chi connectivity index (χ1) is 17.0. The maximum atomic E-state index is 9.55. The molecular weight excluding hydrogens is 482 g/mol. The van der Waals surface area contributed by atoms with Crippen molar-refractivity contribution < 1.29 is 0 Å². The first kappa shape index (κ1) is 22.1. The van der Waals surface area contributed by atoms with E-state index in [1.54, 1.807) is 18.7 Å². The molecule has 6 rings (SSSR count). The molecule has 2 aliphatic rings. The Morgan fingerprint density at radius 3 is 2.80 bits per heavy atom.